The fourth-order valence-corrected chi connectivity index (χ4v) is 5.99. The monoisotopic (exact) mass is 684 g/mol. The first-order valence-electron chi connectivity index (χ1n) is 15.4. The van der Waals surface area contributed by atoms with Crippen molar-refractivity contribution in [2.24, 2.45) is 7.05 Å². The Morgan fingerprint density at radius 1 is 1.02 bits per heavy atom. The molecule has 0 spiro atoms. The SMILES string of the molecule is Cn1cnnc1-c1ccc(C(F)(F)F)cc1-c1cc(NCCCC#N)nc(N2Cc3c(cc(CN[C@H]4C[C@@H](O)C4)cc3C(F)(F)F)C2=O)c1. The van der Waals surface area contributed by atoms with Gasteiger partial charge in [-0.3, -0.25) is 9.69 Å². The van der Waals surface area contributed by atoms with E-state index in [4.69, 9.17) is 5.26 Å². The first-order valence-corrected chi connectivity index (χ1v) is 15.4. The third kappa shape index (κ3) is 7.08. The number of alkyl halides is 6. The number of nitriles is 1. The molecule has 1 aliphatic heterocycles. The minimum atomic E-state index is -4.78. The predicted octanol–water partition coefficient (Wildman–Crippen LogP) is 6.07. The van der Waals surface area contributed by atoms with Gasteiger partial charge < -0.3 is 20.3 Å². The van der Waals surface area contributed by atoms with Crippen LogP contribution in [-0.2, 0) is 32.5 Å². The van der Waals surface area contributed by atoms with Gasteiger partial charge in [-0.25, -0.2) is 4.98 Å². The number of nitrogens with one attached hydrogen (secondary N) is 2. The van der Waals surface area contributed by atoms with E-state index in [1.54, 1.807) is 7.05 Å². The maximum absolute atomic E-state index is 14.4. The molecule has 1 saturated carbocycles. The molecule has 10 nitrogen and oxygen atoms in total. The van der Waals surface area contributed by atoms with Crippen LogP contribution < -0.4 is 15.5 Å². The number of nitrogens with zero attached hydrogens (tertiary/aromatic N) is 6. The van der Waals surface area contributed by atoms with E-state index in [2.05, 4.69) is 25.8 Å². The van der Waals surface area contributed by atoms with Gasteiger partial charge in [0.05, 0.1) is 29.8 Å². The smallest absolute Gasteiger partial charge is 0.393 e. The van der Waals surface area contributed by atoms with Crippen molar-refractivity contribution in [3.8, 4) is 28.6 Å². The molecule has 0 atom stereocenters. The van der Waals surface area contributed by atoms with Gasteiger partial charge >= 0.3 is 12.4 Å². The van der Waals surface area contributed by atoms with Crippen LogP contribution in [0.25, 0.3) is 22.5 Å². The molecule has 0 radical (unpaired) electrons. The van der Waals surface area contributed by atoms with E-state index in [9.17, 15) is 36.2 Å². The molecule has 2 aliphatic rings. The number of benzene rings is 2. The minimum absolute atomic E-state index is 0.0475. The largest absolute Gasteiger partial charge is 0.416 e. The lowest BCUT2D eigenvalue weighted by atomic mass is 9.89. The highest BCUT2D eigenvalue weighted by Crippen LogP contribution is 2.42. The normalized spacial score (nSPS) is 17.5. The number of rotatable bonds is 10. The summed E-state index contributed by atoms with van der Waals surface area (Å²) in [6.07, 6.45) is -6.99. The highest BCUT2D eigenvalue weighted by molar-refractivity contribution is 6.10. The quantitative estimate of drug-likeness (QED) is 0.136. The highest BCUT2D eigenvalue weighted by Gasteiger charge is 2.41. The number of carbonyl (C=O) groups is 1. The van der Waals surface area contributed by atoms with Crippen molar-refractivity contribution in [3.63, 3.8) is 0 Å². The number of pyridine rings is 1. The summed E-state index contributed by atoms with van der Waals surface area (Å²) in [7, 11) is 1.62. The van der Waals surface area contributed by atoms with Crippen molar-refractivity contribution < 1.29 is 36.2 Å². The maximum atomic E-state index is 14.4. The number of anilines is 2. The zero-order valence-corrected chi connectivity index (χ0v) is 26.0. The standard InChI is InChI=1S/C33H30F6N8O2/c1-46-17-43-45-30(46)23-5-4-20(32(34,35)36)12-24(23)19-10-28(41-7-3-2-6-40)44-29(11-19)47-16-26-25(31(47)49)8-18(9-27(26)33(37,38)39)15-42-21-13-22(48)14-21/h4-5,8-12,17,21-22,42,48H,2-3,7,13-16H2,1H3,(H,41,44)/t21-,22+. The van der Waals surface area contributed by atoms with Crippen molar-refractivity contribution in [2.75, 3.05) is 16.8 Å². The molecule has 16 heteroatoms. The molecule has 2 aromatic carbocycles. The van der Waals surface area contributed by atoms with Gasteiger partial charge in [-0.2, -0.15) is 31.6 Å². The summed E-state index contributed by atoms with van der Waals surface area (Å²) in [5, 5.41) is 32.5. The number of aryl methyl sites for hydroxylation is 1. The van der Waals surface area contributed by atoms with Gasteiger partial charge in [-0.1, -0.05) is 0 Å². The van der Waals surface area contributed by atoms with E-state index >= 15 is 0 Å². The third-order valence-electron chi connectivity index (χ3n) is 8.58. The second-order valence-corrected chi connectivity index (χ2v) is 12.1. The van der Waals surface area contributed by atoms with Gasteiger partial charge in [-0.05, 0) is 84.0 Å². The van der Waals surface area contributed by atoms with Crippen LogP contribution in [0.15, 0.2) is 48.8 Å². The summed E-state index contributed by atoms with van der Waals surface area (Å²) in [5.41, 5.74) is -1.54. The summed E-state index contributed by atoms with van der Waals surface area (Å²) in [5.74, 6) is -0.445. The van der Waals surface area contributed by atoms with Crippen LogP contribution in [0, 0.1) is 11.3 Å². The minimum Gasteiger partial charge on any atom is -0.393 e. The average Bonchev–Trinajstić information content (AvgIpc) is 3.61. The van der Waals surface area contributed by atoms with Crippen molar-refractivity contribution in [2.45, 2.75) is 63.3 Å². The third-order valence-corrected chi connectivity index (χ3v) is 8.58. The van der Waals surface area contributed by atoms with Crippen LogP contribution in [-0.4, -0.2) is 49.5 Å². The summed E-state index contributed by atoms with van der Waals surface area (Å²) in [4.78, 5) is 19.4. The zero-order valence-electron chi connectivity index (χ0n) is 26.0. The molecule has 0 saturated heterocycles. The fourth-order valence-electron chi connectivity index (χ4n) is 5.99. The van der Waals surface area contributed by atoms with Gasteiger partial charge in [0, 0.05) is 43.7 Å². The molecule has 1 fully saturated rings. The molecule has 0 unspecified atom stereocenters. The van der Waals surface area contributed by atoms with E-state index in [-0.39, 0.29) is 76.4 Å². The molecule has 0 bridgehead atoms. The van der Waals surface area contributed by atoms with E-state index in [1.807, 2.05) is 6.07 Å². The number of amides is 1. The number of aromatic nitrogens is 4. The van der Waals surface area contributed by atoms with Gasteiger partial charge in [0.1, 0.15) is 18.0 Å². The second kappa shape index (κ2) is 13.1. The van der Waals surface area contributed by atoms with Gasteiger partial charge in [0.2, 0.25) is 0 Å². The van der Waals surface area contributed by atoms with E-state index in [0.717, 1.165) is 23.1 Å². The average molecular weight is 685 g/mol. The fraction of sp³-hybridized carbons (Fsp3) is 0.364. The number of unbranched alkanes of at least 4 members (excludes halogenated alkanes) is 1. The van der Waals surface area contributed by atoms with E-state index < -0.39 is 42.0 Å². The van der Waals surface area contributed by atoms with Crippen LogP contribution in [0.4, 0.5) is 38.0 Å². The predicted molar refractivity (Wildman–Crippen MR) is 166 cm³/mol. The number of aliphatic hydroxyl groups excluding tert-OH is 1. The molecule has 4 aromatic rings. The Bertz CT molecular complexity index is 1930. The van der Waals surface area contributed by atoms with Crippen LogP contribution in [0.2, 0.25) is 0 Å². The topological polar surface area (TPSA) is 132 Å². The molecule has 6 rings (SSSR count). The van der Waals surface area contributed by atoms with Crippen molar-refractivity contribution >= 4 is 17.5 Å². The maximum Gasteiger partial charge on any atom is 0.416 e. The Labute approximate surface area is 276 Å². The Morgan fingerprint density at radius 3 is 2.45 bits per heavy atom. The summed E-state index contributed by atoms with van der Waals surface area (Å²) < 4.78 is 86.5. The molecule has 49 heavy (non-hydrogen) atoms. The molecule has 1 aliphatic carbocycles. The second-order valence-electron chi connectivity index (χ2n) is 12.1. The first kappa shape index (κ1) is 33.9. The Hall–Kier alpha value is -5.01. The summed E-state index contributed by atoms with van der Waals surface area (Å²) in [6, 6.07) is 10.3. The number of fused-ring (bicyclic) bond motifs is 1. The van der Waals surface area contributed by atoms with Gasteiger partial charge in [-0.15, -0.1) is 10.2 Å². The van der Waals surface area contributed by atoms with E-state index in [0.29, 0.717) is 19.3 Å². The summed E-state index contributed by atoms with van der Waals surface area (Å²) >= 11 is 0. The molecular formula is C33H30F6N8O2. The summed E-state index contributed by atoms with van der Waals surface area (Å²) in [6.45, 7) is -0.177. The van der Waals surface area contributed by atoms with Crippen molar-refractivity contribution in [1.29, 1.82) is 5.26 Å². The number of aliphatic hydroxyl groups is 1. The number of hydrogen-bond acceptors (Lipinski definition) is 8. The Balaban J connectivity index is 1.44. The van der Waals surface area contributed by atoms with Crippen LogP contribution in [0.3, 0.4) is 0 Å². The van der Waals surface area contributed by atoms with Crippen molar-refractivity contribution in [1.82, 2.24) is 25.1 Å². The number of carbonyl (C=O) groups excluding carboxylic acids is 1. The lowest BCUT2D eigenvalue weighted by molar-refractivity contribution is -0.138. The first-order chi connectivity index (χ1) is 23.2. The molecule has 2 aromatic heterocycles. The van der Waals surface area contributed by atoms with Crippen LogP contribution >= 0.6 is 0 Å². The van der Waals surface area contributed by atoms with Crippen molar-refractivity contribution in [3.05, 3.63) is 76.6 Å². The van der Waals surface area contributed by atoms with Crippen LogP contribution in [0.5, 0.6) is 0 Å². The van der Waals surface area contributed by atoms with Crippen LogP contribution in [0.1, 0.15) is 58.3 Å². The number of halogens is 6. The Kier molecular flexibility index (Phi) is 9.07. The molecule has 3 N–H and O–H groups in total. The van der Waals surface area contributed by atoms with E-state index in [1.165, 1.54) is 35.2 Å². The zero-order chi connectivity index (χ0) is 35.1. The van der Waals surface area contributed by atoms with Gasteiger partial charge in [0.25, 0.3) is 5.91 Å². The lowest BCUT2D eigenvalue weighted by Crippen LogP contribution is -2.43. The van der Waals surface area contributed by atoms with Gasteiger partial charge in [0.15, 0.2) is 5.82 Å². The molecule has 256 valence electrons. The Morgan fingerprint density at radius 2 is 1.80 bits per heavy atom. The number of hydrogen-bond donors (Lipinski definition) is 3. The lowest BCUT2D eigenvalue weighted by Gasteiger charge is -2.32. The molecule has 1 amide bonds. The molecule has 3 heterocycles. The molecular weight excluding hydrogens is 654 g/mol. The highest BCUT2D eigenvalue weighted by atomic mass is 19.4.